The molecule has 0 bridgehead atoms. The van der Waals surface area contributed by atoms with Gasteiger partial charge in [-0.2, -0.15) is 0 Å². The molecule has 0 atom stereocenters. The summed E-state index contributed by atoms with van der Waals surface area (Å²) in [6.07, 6.45) is 0.669. The van der Waals surface area contributed by atoms with Crippen LogP contribution >= 0.6 is 0 Å². The SMILES string of the molecule is Cc1oc2ccccc2c1CCC(=O)O. The summed E-state index contributed by atoms with van der Waals surface area (Å²) in [5.41, 5.74) is 1.84. The van der Waals surface area contributed by atoms with Crippen LogP contribution in [0.5, 0.6) is 0 Å². The first-order chi connectivity index (χ1) is 7.18. The Balaban J connectivity index is 2.40. The van der Waals surface area contributed by atoms with Crippen molar-refractivity contribution in [3.63, 3.8) is 0 Å². The molecule has 1 aromatic carbocycles. The van der Waals surface area contributed by atoms with Crippen molar-refractivity contribution in [1.82, 2.24) is 0 Å². The van der Waals surface area contributed by atoms with Gasteiger partial charge in [-0.25, -0.2) is 0 Å². The van der Waals surface area contributed by atoms with Crippen molar-refractivity contribution in [3.05, 3.63) is 35.6 Å². The van der Waals surface area contributed by atoms with Gasteiger partial charge in [-0.05, 0) is 19.4 Å². The summed E-state index contributed by atoms with van der Waals surface area (Å²) in [6.45, 7) is 1.87. The Kier molecular flexibility index (Phi) is 2.46. The predicted octanol–water partition coefficient (Wildman–Crippen LogP) is 2.76. The molecule has 0 spiro atoms. The Morgan fingerprint density at radius 3 is 2.87 bits per heavy atom. The van der Waals surface area contributed by atoms with Gasteiger partial charge >= 0.3 is 5.97 Å². The summed E-state index contributed by atoms with van der Waals surface area (Å²) < 4.78 is 5.54. The van der Waals surface area contributed by atoms with E-state index in [1.54, 1.807) is 0 Å². The molecule has 0 aliphatic heterocycles. The number of hydrogen-bond acceptors (Lipinski definition) is 2. The number of furan rings is 1. The molecule has 0 fully saturated rings. The van der Waals surface area contributed by atoms with Crippen LogP contribution < -0.4 is 0 Å². The normalized spacial score (nSPS) is 10.7. The van der Waals surface area contributed by atoms with E-state index in [1.807, 2.05) is 31.2 Å². The Morgan fingerprint density at radius 1 is 1.40 bits per heavy atom. The molecule has 3 heteroatoms. The fourth-order valence-corrected chi connectivity index (χ4v) is 1.76. The van der Waals surface area contributed by atoms with Gasteiger partial charge in [0.25, 0.3) is 0 Å². The highest BCUT2D eigenvalue weighted by atomic mass is 16.4. The molecule has 2 rings (SSSR count). The average Bonchev–Trinajstić information content (AvgIpc) is 2.50. The molecular weight excluding hydrogens is 192 g/mol. The molecule has 0 saturated heterocycles. The fraction of sp³-hybridized carbons (Fsp3) is 0.250. The van der Waals surface area contributed by atoms with Crippen molar-refractivity contribution < 1.29 is 14.3 Å². The topological polar surface area (TPSA) is 50.4 Å². The quantitative estimate of drug-likeness (QED) is 0.836. The number of fused-ring (bicyclic) bond motifs is 1. The second kappa shape index (κ2) is 3.77. The maximum Gasteiger partial charge on any atom is 0.303 e. The van der Waals surface area contributed by atoms with E-state index in [2.05, 4.69) is 0 Å². The lowest BCUT2D eigenvalue weighted by molar-refractivity contribution is -0.136. The van der Waals surface area contributed by atoms with Crippen molar-refractivity contribution in [3.8, 4) is 0 Å². The molecule has 0 radical (unpaired) electrons. The summed E-state index contributed by atoms with van der Waals surface area (Å²) in [6, 6.07) is 7.70. The van der Waals surface area contributed by atoms with Crippen LogP contribution in [0, 0.1) is 6.92 Å². The van der Waals surface area contributed by atoms with Gasteiger partial charge in [0.1, 0.15) is 11.3 Å². The Bertz CT molecular complexity index is 497. The number of carbonyl (C=O) groups is 1. The minimum atomic E-state index is -0.778. The molecule has 1 heterocycles. The van der Waals surface area contributed by atoms with Gasteiger partial charge < -0.3 is 9.52 Å². The first-order valence-corrected chi connectivity index (χ1v) is 4.87. The van der Waals surface area contributed by atoms with Crippen LogP contribution in [0.4, 0.5) is 0 Å². The first-order valence-electron chi connectivity index (χ1n) is 4.87. The van der Waals surface area contributed by atoms with Gasteiger partial charge in [0.2, 0.25) is 0 Å². The molecule has 0 amide bonds. The molecule has 78 valence electrons. The molecule has 0 unspecified atom stereocenters. The van der Waals surface area contributed by atoms with E-state index in [0.717, 1.165) is 22.3 Å². The van der Waals surface area contributed by atoms with Crippen LogP contribution in [0.25, 0.3) is 11.0 Å². The van der Waals surface area contributed by atoms with Gasteiger partial charge in [-0.3, -0.25) is 4.79 Å². The lowest BCUT2D eigenvalue weighted by atomic mass is 10.1. The average molecular weight is 204 g/mol. The van der Waals surface area contributed by atoms with Gasteiger partial charge in [-0.15, -0.1) is 0 Å². The molecular formula is C12H12O3. The number of aryl methyl sites for hydroxylation is 2. The first kappa shape index (κ1) is 9.77. The van der Waals surface area contributed by atoms with Gasteiger partial charge in [0, 0.05) is 17.4 Å². The monoisotopic (exact) mass is 204 g/mol. The van der Waals surface area contributed by atoms with Crippen molar-refractivity contribution in [1.29, 1.82) is 0 Å². The van der Waals surface area contributed by atoms with Crippen LogP contribution in [0.1, 0.15) is 17.7 Å². The summed E-state index contributed by atoms with van der Waals surface area (Å²) in [4.78, 5) is 10.5. The van der Waals surface area contributed by atoms with Crippen molar-refractivity contribution >= 4 is 16.9 Å². The Hall–Kier alpha value is -1.77. The number of hydrogen-bond donors (Lipinski definition) is 1. The van der Waals surface area contributed by atoms with E-state index in [1.165, 1.54) is 0 Å². The zero-order chi connectivity index (χ0) is 10.8. The smallest absolute Gasteiger partial charge is 0.303 e. The number of carboxylic acid groups (broad SMARTS) is 1. The minimum Gasteiger partial charge on any atom is -0.481 e. The van der Waals surface area contributed by atoms with E-state index in [-0.39, 0.29) is 6.42 Å². The summed E-state index contributed by atoms with van der Waals surface area (Å²) in [5.74, 6) is 0.0390. The standard InChI is InChI=1S/C12H12O3/c1-8-9(6-7-12(13)14)10-4-2-3-5-11(10)15-8/h2-5H,6-7H2,1H3,(H,13,14). The number of carboxylic acids is 1. The highest BCUT2D eigenvalue weighted by Crippen LogP contribution is 2.26. The van der Waals surface area contributed by atoms with E-state index in [9.17, 15) is 4.79 Å². The molecule has 1 aromatic heterocycles. The molecule has 0 aliphatic carbocycles. The van der Waals surface area contributed by atoms with E-state index >= 15 is 0 Å². The molecule has 1 N–H and O–H groups in total. The van der Waals surface area contributed by atoms with Crippen molar-refractivity contribution in [2.24, 2.45) is 0 Å². The fourth-order valence-electron chi connectivity index (χ4n) is 1.76. The summed E-state index contributed by atoms with van der Waals surface area (Å²) in [7, 11) is 0. The summed E-state index contributed by atoms with van der Waals surface area (Å²) in [5, 5.41) is 9.67. The molecule has 0 aliphatic rings. The highest BCUT2D eigenvalue weighted by Gasteiger charge is 2.11. The van der Waals surface area contributed by atoms with Crippen LogP contribution in [-0.2, 0) is 11.2 Å². The minimum absolute atomic E-state index is 0.143. The molecule has 0 saturated carbocycles. The molecule has 3 nitrogen and oxygen atoms in total. The van der Waals surface area contributed by atoms with Crippen LogP contribution in [0.3, 0.4) is 0 Å². The lowest BCUT2D eigenvalue weighted by Gasteiger charge is -1.96. The molecule has 2 aromatic rings. The third kappa shape index (κ3) is 1.86. The number of aliphatic carboxylic acids is 1. The second-order valence-electron chi connectivity index (χ2n) is 3.53. The summed E-state index contributed by atoms with van der Waals surface area (Å²) >= 11 is 0. The number of para-hydroxylation sites is 1. The zero-order valence-corrected chi connectivity index (χ0v) is 8.49. The van der Waals surface area contributed by atoms with Crippen LogP contribution in [0.2, 0.25) is 0 Å². The van der Waals surface area contributed by atoms with E-state index < -0.39 is 5.97 Å². The number of rotatable bonds is 3. The van der Waals surface area contributed by atoms with Gasteiger partial charge in [-0.1, -0.05) is 18.2 Å². The Labute approximate surface area is 87.3 Å². The number of benzene rings is 1. The third-order valence-corrected chi connectivity index (χ3v) is 2.49. The van der Waals surface area contributed by atoms with Crippen LogP contribution in [0.15, 0.2) is 28.7 Å². The molecule has 15 heavy (non-hydrogen) atoms. The van der Waals surface area contributed by atoms with Crippen molar-refractivity contribution in [2.75, 3.05) is 0 Å². The van der Waals surface area contributed by atoms with Gasteiger partial charge in [0.05, 0.1) is 0 Å². The second-order valence-corrected chi connectivity index (χ2v) is 3.53. The lowest BCUT2D eigenvalue weighted by Crippen LogP contribution is -1.97. The van der Waals surface area contributed by atoms with Crippen molar-refractivity contribution in [2.45, 2.75) is 19.8 Å². The van der Waals surface area contributed by atoms with E-state index in [0.29, 0.717) is 6.42 Å². The Morgan fingerprint density at radius 2 is 2.13 bits per heavy atom. The predicted molar refractivity (Wildman–Crippen MR) is 56.9 cm³/mol. The van der Waals surface area contributed by atoms with Gasteiger partial charge in [0.15, 0.2) is 0 Å². The third-order valence-electron chi connectivity index (χ3n) is 2.49. The largest absolute Gasteiger partial charge is 0.481 e. The zero-order valence-electron chi connectivity index (χ0n) is 8.49. The van der Waals surface area contributed by atoms with E-state index in [4.69, 9.17) is 9.52 Å². The maximum atomic E-state index is 10.5. The van der Waals surface area contributed by atoms with Crippen LogP contribution in [-0.4, -0.2) is 11.1 Å². The maximum absolute atomic E-state index is 10.5. The highest BCUT2D eigenvalue weighted by molar-refractivity contribution is 5.82.